The molecule has 152 valence electrons. The summed E-state index contributed by atoms with van der Waals surface area (Å²) in [6, 6.07) is 9.05. The van der Waals surface area contributed by atoms with Gasteiger partial charge in [0.1, 0.15) is 22.7 Å². The first-order valence-corrected chi connectivity index (χ1v) is 9.44. The minimum atomic E-state index is -0.333. The van der Waals surface area contributed by atoms with Gasteiger partial charge in [-0.2, -0.15) is 5.10 Å². The van der Waals surface area contributed by atoms with Gasteiger partial charge in [-0.05, 0) is 29.8 Å². The molecule has 0 atom stereocenters. The highest BCUT2D eigenvalue weighted by Crippen LogP contribution is 2.08. The van der Waals surface area contributed by atoms with Crippen molar-refractivity contribution < 1.29 is 9.18 Å². The zero-order valence-corrected chi connectivity index (χ0v) is 16.4. The van der Waals surface area contributed by atoms with Crippen LogP contribution in [-0.2, 0) is 13.1 Å². The van der Waals surface area contributed by atoms with Crippen LogP contribution in [-0.4, -0.2) is 36.8 Å². The van der Waals surface area contributed by atoms with Crippen molar-refractivity contribution in [3.63, 3.8) is 0 Å². The molecule has 4 rings (SSSR count). The summed E-state index contributed by atoms with van der Waals surface area (Å²) >= 11 is 5.72. The number of hydrogen-bond donors (Lipinski definition) is 1. The quantitative estimate of drug-likeness (QED) is 0.477. The highest BCUT2D eigenvalue weighted by Gasteiger charge is 2.11. The van der Waals surface area contributed by atoms with E-state index in [1.54, 1.807) is 28.9 Å². The first-order valence-electron chi connectivity index (χ1n) is 9.06. The van der Waals surface area contributed by atoms with Crippen LogP contribution in [0, 0.1) is 5.82 Å². The van der Waals surface area contributed by atoms with E-state index in [-0.39, 0.29) is 23.8 Å². The van der Waals surface area contributed by atoms with Gasteiger partial charge in [-0.25, -0.2) is 19.0 Å². The summed E-state index contributed by atoms with van der Waals surface area (Å²) in [7, 11) is 0. The summed E-state index contributed by atoms with van der Waals surface area (Å²) in [5.41, 5.74) is 1.36. The number of hydrogen-bond acceptors (Lipinski definition) is 5. The van der Waals surface area contributed by atoms with Gasteiger partial charge in [-0.15, -0.1) is 0 Å². The molecule has 0 unspecified atom stereocenters. The molecule has 1 N–H and O–H groups in total. The molecule has 0 aliphatic heterocycles. The number of nitrogens with one attached hydrogen (secondary N) is 1. The highest BCUT2D eigenvalue weighted by molar-refractivity contribution is 6.29. The fourth-order valence-electron chi connectivity index (χ4n) is 2.95. The topological polar surface area (TPSA) is 94.7 Å². The molecule has 3 heterocycles. The number of aromatic nitrogens is 5. The molecule has 8 nitrogen and oxygen atoms in total. The number of nitrogens with zero attached hydrogens (tertiary/aromatic N) is 5. The first-order chi connectivity index (χ1) is 14.5. The van der Waals surface area contributed by atoms with Crippen molar-refractivity contribution in [3.8, 4) is 0 Å². The van der Waals surface area contributed by atoms with Crippen LogP contribution in [0.25, 0.3) is 11.0 Å². The Morgan fingerprint density at radius 3 is 2.63 bits per heavy atom. The van der Waals surface area contributed by atoms with Gasteiger partial charge in [0.15, 0.2) is 5.65 Å². The van der Waals surface area contributed by atoms with E-state index < -0.39 is 0 Å². The highest BCUT2D eigenvalue weighted by atomic mass is 35.5. The smallest absolute Gasteiger partial charge is 0.264 e. The number of rotatable bonds is 6. The maximum absolute atomic E-state index is 13.1. The van der Waals surface area contributed by atoms with Crippen molar-refractivity contribution in [1.82, 2.24) is 29.6 Å². The Hall–Kier alpha value is -3.59. The number of amides is 1. The third-order valence-corrected chi connectivity index (χ3v) is 4.71. The van der Waals surface area contributed by atoms with E-state index >= 15 is 0 Å². The molecule has 0 saturated heterocycles. The zero-order chi connectivity index (χ0) is 21.1. The van der Waals surface area contributed by atoms with Crippen molar-refractivity contribution in [2.75, 3.05) is 6.54 Å². The predicted octanol–water partition coefficient (Wildman–Crippen LogP) is 2.26. The van der Waals surface area contributed by atoms with E-state index in [9.17, 15) is 14.0 Å². The van der Waals surface area contributed by atoms with Gasteiger partial charge in [0.25, 0.3) is 11.5 Å². The molecule has 30 heavy (non-hydrogen) atoms. The summed E-state index contributed by atoms with van der Waals surface area (Å²) in [5, 5.41) is 7.65. The largest absolute Gasteiger partial charge is 0.350 e. The van der Waals surface area contributed by atoms with Crippen LogP contribution in [0.1, 0.15) is 15.9 Å². The number of pyridine rings is 1. The molecule has 0 bridgehead atoms. The molecular formula is C20H16ClFN6O2. The average Bonchev–Trinajstić information content (AvgIpc) is 3.16. The van der Waals surface area contributed by atoms with Crippen LogP contribution in [0.2, 0.25) is 5.15 Å². The van der Waals surface area contributed by atoms with Crippen molar-refractivity contribution in [1.29, 1.82) is 0 Å². The zero-order valence-electron chi connectivity index (χ0n) is 15.6. The molecule has 10 heteroatoms. The normalized spacial score (nSPS) is 11.0. The Labute approximate surface area is 175 Å². The lowest BCUT2D eigenvalue weighted by molar-refractivity contribution is 0.0951. The third-order valence-electron chi connectivity index (χ3n) is 4.49. The number of benzene rings is 1. The second-order valence-corrected chi connectivity index (χ2v) is 6.92. The van der Waals surface area contributed by atoms with Crippen molar-refractivity contribution in [2.24, 2.45) is 0 Å². The van der Waals surface area contributed by atoms with E-state index in [0.717, 1.165) is 5.56 Å². The second kappa shape index (κ2) is 8.42. The molecular weight excluding hydrogens is 411 g/mol. The lowest BCUT2D eigenvalue weighted by atomic mass is 10.2. The van der Waals surface area contributed by atoms with Crippen LogP contribution >= 0.6 is 11.6 Å². The fourth-order valence-corrected chi connectivity index (χ4v) is 3.06. The van der Waals surface area contributed by atoms with Gasteiger partial charge in [0.05, 0.1) is 24.8 Å². The van der Waals surface area contributed by atoms with Gasteiger partial charge in [-0.3, -0.25) is 14.2 Å². The fraction of sp³-hybridized carbons (Fsp3) is 0.150. The van der Waals surface area contributed by atoms with Crippen LogP contribution in [0.5, 0.6) is 0 Å². The Kier molecular flexibility index (Phi) is 5.53. The van der Waals surface area contributed by atoms with E-state index in [4.69, 9.17) is 11.6 Å². The molecule has 0 saturated carbocycles. The third kappa shape index (κ3) is 4.20. The number of halogens is 2. The van der Waals surface area contributed by atoms with E-state index in [0.29, 0.717) is 34.8 Å². The minimum absolute atomic E-state index is 0.244. The van der Waals surface area contributed by atoms with Gasteiger partial charge >= 0.3 is 0 Å². The number of carbonyl (C=O) groups is 1. The van der Waals surface area contributed by atoms with Gasteiger partial charge in [0.2, 0.25) is 0 Å². The van der Waals surface area contributed by atoms with Gasteiger partial charge in [-0.1, -0.05) is 23.7 Å². The Morgan fingerprint density at radius 2 is 1.90 bits per heavy atom. The van der Waals surface area contributed by atoms with E-state index in [1.807, 2.05) is 0 Å². The summed E-state index contributed by atoms with van der Waals surface area (Å²) < 4.78 is 16.0. The average molecular weight is 427 g/mol. The monoisotopic (exact) mass is 426 g/mol. The molecule has 0 fully saturated rings. The van der Waals surface area contributed by atoms with Gasteiger partial charge < -0.3 is 5.32 Å². The summed E-state index contributed by atoms with van der Waals surface area (Å²) in [4.78, 5) is 33.0. The standard InChI is InChI=1S/C20H16ClFN6O2/c21-17-6-3-14(9-24-17)19(29)23-7-8-28-18-16(10-26-28)20(30)27(12-25-18)11-13-1-4-15(22)5-2-13/h1-6,9-10,12H,7-8,11H2,(H,23,29). The lowest BCUT2D eigenvalue weighted by Gasteiger charge is -2.07. The van der Waals surface area contributed by atoms with Crippen molar-refractivity contribution in [3.05, 3.63) is 87.6 Å². The molecule has 1 amide bonds. The molecule has 0 aliphatic carbocycles. The SMILES string of the molecule is O=C(NCCn1ncc2c(=O)n(Cc3ccc(F)cc3)cnc21)c1ccc(Cl)nc1. The second-order valence-electron chi connectivity index (χ2n) is 6.53. The molecule has 0 spiro atoms. The molecule has 1 aromatic carbocycles. The van der Waals surface area contributed by atoms with Crippen LogP contribution in [0.4, 0.5) is 4.39 Å². The van der Waals surface area contributed by atoms with E-state index in [1.165, 1.54) is 35.4 Å². The predicted molar refractivity (Wildman–Crippen MR) is 109 cm³/mol. The van der Waals surface area contributed by atoms with Gasteiger partial charge in [0, 0.05) is 12.7 Å². The number of carbonyl (C=O) groups excluding carboxylic acids is 1. The van der Waals surface area contributed by atoms with Crippen LogP contribution in [0.15, 0.2) is 59.9 Å². The Morgan fingerprint density at radius 1 is 1.10 bits per heavy atom. The maximum Gasteiger partial charge on any atom is 0.264 e. The molecule has 3 aromatic heterocycles. The molecule has 0 radical (unpaired) electrons. The minimum Gasteiger partial charge on any atom is -0.350 e. The Bertz CT molecular complexity index is 1250. The first kappa shape index (κ1) is 19.7. The lowest BCUT2D eigenvalue weighted by Crippen LogP contribution is -2.28. The van der Waals surface area contributed by atoms with Crippen LogP contribution in [0.3, 0.4) is 0 Å². The number of fused-ring (bicyclic) bond motifs is 1. The van der Waals surface area contributed by atoms with E-state index in [2.05, 4.69) is 20.4 Å². The van der Waals surface area contributed by atoms with Crippen molar-refractivity contribution >= 4 is 28.5 Å². The van der Waals surface area contributed by atoms with Crippen molar-refractivity contribution in [2.45, 2.75) is 13.1 Å². The summed E-state index contributed by atoms with van der Waals surface area (Å²) in [6.07, 6.45) is 4.28. The Balaban J connectivity index is 1.45. The summed E-state index contributed by atoms with van der Waals surface area (Å²) in [5.74, 6) is -0.620. The molecule has 4 aromatic rings. The summed E-state index contributed by atoms with van der Waals surface area (Å²) in [6.45, 7) is 0.904. The molecule has 0 aliphatic rings. The maximum atomic E-state index is 13.1. The van der Waals surface area contributed by atoms with Crippen LogP contribution < -0.4 is 10.9 Å².